The summed E-state index contributed by atoms with van der Waals surface area (Å²) >= 11 is 0. The van der Waals surface area contributed by atoms with E-state index in [9.17, 15) is 0 Å². The first kappa shape index (κ1) is 12.3. The Morgan fingerprint density at radius 2 is 1.89 bits per heavy atom. The third-order valence-corrected chi connectivity index (χ3v) is 2.56. The number of nitrogen functional groups attached to an aromatic ring is 1. The number of nitrogens with one attached hydrogen (secondary N) is 1. The van der Waals surface area contributed by atoms with Crippen molar-refractivity contribution < 1.29 is 4.74 Å². The lowest BCUT2D eigenvalue weighted by molar-refractivity contribution is 0.407. The smallest absolute Gasteiger partial charge is 0.219 e. The second-order valence-electron chi connectivity index (χ2n) is 3.86. The number of rotatable bonds is 5. The Morgan fingerprint density at radius 3 is 2.61 bits per heavy atom. The van der Waals surface area contributed by atoms with E-state index in [1.165, 1.54) is 0 Å². The number of ether oxygens (including phenoxy) is 1. The summed E-state index contributed by atoms with van der Waals surface area (Å²) in [5, 5.41) is 3.31. The van der Waals surface area contributed by atoms with Gasteiger partial charge in [-0.2, -0.15) is 0 Å². The van der Waals surface area contributed by atoms with Crippen LogP contribution in [0.5, 0.6) is 5.75 Å². The third-order valence-electron chi connectivity index (χ3n) is 2.56. The van der Waals surface area contributed by atoms with E-state index in [0.717, 1.165) is 23.4 Å². The highest BCUT2D eigenvalue weighted by molar-refractivity contribution is 5.33. The highest BCUT2D eigenvalue weighted by Gasteiger charge is 2.01. The fourth-order valence-electron chi connectivity index (χ4n) is 1.65. The first-order valence-corrected chi connectivity index (χ1v) is 5.68. The van der Waals surface area contributed by atoms with E-state index >= 15 is 0 Å². The molecule has 5 heteroatoms. The number of anilines is 1. The minimum absolute atomic E-state index is 0.295. The van der Waals surface area contributed by atoms with Crippen LogP contribution in [0.3, 0.4) is 0 Å². The molecule has 1 heterocycles. The van der Waals surface area contributed by atoms with Crippen LogP contribution >= 0.6 is 0 Å². The van der Waals surface area contributed by atoms with Crippen molar-refractivity contribution in [3.63, 3.8) is 0 Å². The van der Waals surface area contributed by atoms with Crippen molar-refractivity contribution in [3.05, 3.63) is 47.8 Å². The van der Waals surface area contributed by atoms with Crippen molar-refractivity contribution in [3.8, 4) is 5.75 Å². The minimum atomic E-state index is 0.295. The Labute approximate surface area is 106 Å². The molecule has 0 unspecified atom stereocenters. The first-order valence-electron chi connectivity index (χ1n) is 5.68. The van der Waals surface area contributed by atoms with Gasteiger partial charge in [0.1, 0.15) is 5.75 Å². The SMILES string of the molecule is COc1ccccc1CNCc1cnc(N)nc1. The summed E-state index contributed by atoms with van der Waals surface area (Å²) < 4.78 is 5.28. The molecule has 1 aromatic heterocycles. The maximum atomic E-state index is 5.43. The van der Waals surface area contributed by atoms with Gasteiger partial charge in [0.05, 0.1) is 7.11 Å². The highest BCUT2D eigenvalue weighted by atomic mass is 16.5. The molecule has 2 aromatic rings. The molecule has 0 bridgehead atoms. The van der Waals surface area contributed by atoms with Gasteiger partial charge in [0.2, 0.25) is 5.95 Å². The zero-order valence-corrected chi connectivity index (χ0v) is 10.3. The third kappa shape index (κ3) is 3.18. The Morgan fingerprint density at radius 1 is 1.17 bits per heavy atom. The molecule has 1 aromatic carbocycles. The van der Waals surface area contributed by atoms with E-state index in [4.69, 9.17) is 10.5 Å². The Bertz CT molecular complexity index is 499. The number of benzene rings is 1. The van der Waals surface area contributed by atoms with Gasteiger partial charge in [0.15, 0.2) is 0 Å². The Hall–Kier alpha value is -2.14. The van der Waals surface area contributed by atoms with Crippen molar-refractivity contribution >= 4 is 5.95 Å². The van der Waals surface area contributed by atoms with Gasteiger partial charge in [0, 0.05) is 36.6 Å². The maximum Gasteiger partial charge on any atom is 0.219 e. The molecule has 0 fully saturated rings. The maximum absolute atomic E-state index is 5.43. The molecule has 0 aliphatic heterocycles. The molecule has 0 saturated heterocycles. The molecule has 5 nitrogen and oxygen atoms in total. The van der Waals surface area contributed by atoms with Crippen LogP contribution < -0.4 is 15.8 Å². The van der Waals surface area contributed by atoms with Crippen LogP contribution in [0.15, 0.2) is 36.7 Å². The quantitative estimate of drug-likeness (QED) is 0.830. The predicted octanol–water partition coefficient (Wildman–Crippen LogP) is 1.36. The lowest BCUT2D eigenvalue weighted by Gasteiger charge is -2.09. The van der Waals surface area contributed by atoms with E-state index in [1.54, 1.807) is 19.5 Å². The van der Waals surface area contributed by atoms with Crippen LogP contribution in [0.25, 0.3) is 0 Å². The monoisotopic (exact) mass is 244 g/mol. The summed E-state index contributed by atoms with van der Waals surface area (Å²) in [6, 6.07) is 7.93. The average Bonchev–Trinajstić information content (AvgIpc) is 2.41. The molecule has 0 aliphatic carbocycles. The zero-order chi connectivity index (χ0) is 12.8. The molecule has 0 saturated carbocycles. The standard InChI is InChI=1S/C13H16N4O/c1-18-12-5-3-2-4-11(12)9-15-6-10-7-16-13(14)17-8-10/h2-5,7-8,15H,6,9H2,1H3,(H2,14,16,17). The van der Waals surface area contributed by atoms with Gasteiger partial charge >= 0.3 is 0 Å². The molecule has 94 valence electrons. The summed E-state index contributed by atoms with van der Waals surface area (Å²) in [6.45, 7) is 1.42. The number of methoxy groups -OCH3 is 1. The molecule has 0 atom stereocenters. The summed E-state index contributed by atoms with van der Waals surface area (Å²) in [5.74, 6) is 1.18. The largest absolute Gasteiger partial charge is 0.496 e. The molecule has 0 radical (unpaired) electrons. The minimum Gasteiger partial charge on any atom is -0.496 e. The molecule has 0 spiro atoms. The van der Waals surface area contributed by atoms with Crippen LogP contribution in [0, 0.1) is 0 Å². The second kappa shape index (κ2) is 5.97. The molecule has 3 N–H and O–H groups in total. The topological polar surface area (TPSA) is 73.1 Å². The van der Waals surface area contributed by atoms with Crippen molar-refractivity contribution in [1.82, 2.24) is 15.3 Å². The normalized spacial score (nSPS) is 10.3. The number of hydrogen-bond donors (Lipinski definition) is 2. The molecule has 18 heavy (non-hydrogen) atoms. The lowest BCUT2D eigenvalue weighted by atomic mass is 10.2. The van der Waals surface area contributed by atoms with E-state index < -0.39 is 0 Å². The van der Waals surface area contributed by atoms with E-state index in [1.807, 2.05) is 24.3 Å². The van der Waals surface area contributed by atoms with Crippen molar-refractivity contribution in [2.24, 2.45) is 0 Å². The van der Waals surface area contributed by atoms with Gasteiger partial charge < -0.3 is 15.8 Å². The van der Waals surface area contributed by atoms with E-state index in [-0.39, 0.29) is 0 Å². The fraction of sp³-hybridized carbons (Fsp3) is 0.231. The molecular formula is C13H16N4O. The second-order valence-corrected chi connectivity index (χ2v) is 3.86. The molecule has 0 amide bonds. The van der Waals surface area contributed by atoms with Crippen LogP contribution in [-0.2, 0) is 13.1 Å². The Kier molecular flexibility index (Phi) is 4.09. The van der Waals surface area contributed by atoms with Gasteiger partial charge in [0.25, 0.3) is 0 Å². The van der Waals surface area contributed by atoms with Crippen LogP contribution in [0.2, 0.25) is 0 Å². The summed E-state index contributed by atoms with van der Waals surface area (Å²) in [4.78, 5) is 7.88. The summed E-state index contributed by atoms with van der Waals surface area (Å²) in [6.07, 6.45) is 3.44. The van der Waals surface area contributed by atoms with Gasteiger partial charge in [-0.3, -0.25) is 0 Å². The van der Waals surface area contributed by atoms with Crippen LogP contribution in [-0.4, -0.2) is 17.1 Å². The first-order chi connectivity index (χ1) is 8.79. The van der Waals surface area contributed by atoms with Crippen molar-refractivity contribution in [2.75, 3.05) is 12.8 Å². The predicted molar refractivity (Wildman–Crippen MR) is 70.0 cm³/mol. The number of hydrogen-bond acceptors (Lipinski definition) is 5. The van der Waals surface area contributed by atoms with Crippen LogP contribution in [0.4, 0.5) is 5.95 Å². The number of nitrogens with zero attached hydrogens (tertiary/aromatic N) is 2. The van der Waals surface area contributed by atoms with E-state index in [0.29, 0.717) is 12.5 Å². The molecule has 0 aliphatic rings. The average molecular weight is 244 g/mol. The molecule has 2 rings (SSSR count). The van der Waals surface area contributed by atoms with Gasteiger partial charge in [-0.25, -0.2) is 9.97 Å². The van der Waals surface area contributed by atoms with Gasteiger partial charge in [-0.15, -0.1) is 0 Å². The zero-order valence-electron chi connectivity index (χ0n) is 10.3. The Balaban J connectivity index is 1.90. The summed E-state index contributed by atoms with van der Waals surface area (Å²) in [5.41, 5.74) is 7.55. The molecular weight excluding hydrogens is 228 g/mol. The lowest BCUT2D eigenvalue weighted by Crippen LogP contribution is -2.14. The number of aromatic nitrogens is 2. The van der Waals surface area contributed by atoms with Gasteiger partial charge in [-0.1, -0.05) is 18.2 Å². The highest BCUT2D eigenvalue weighted by Crippen LogP contribution is 2.16. The van der Waals surface area contributed by atoms with E-state index in [2.05, 4.69) is 15.3 Å². The number of nitrogens with two attached hydrogens (primary N) is 1. The van der Waals surface area contributed by atoms with Crippen molar-refractivity contribution in [2.45, 2.75) is 13.1 Å². The summed E-state index contributed by atoms with van der Waals surface area (Å²) in [7, 11) is 1.67. The number of para-hydroxylation sites is 1. The van der Waals surface area contributed by atoms with Crippen molar-refractivity contribution in [1.29, 1.82) is 0 Å². The van der Waals surface area contributed by atoms with Gasteiger partial charge in [-0.05, 0) is 6.07 Å². The fourth-order valence-corrected chi connectivity index (χ4v) is 1.65. The van der Waals surface area contributed by atoms with Crippen LogP contribution in [0.1, 0.15) is 11.1 Å².